The molecule has 2 aromatic rings. The predicted octanol–water partition coefficient (Wildman–Crippen LogP) is 4.56. The van der Waals surface area contributed by atoms with Crippen LogP contribution in [0.1, 0.15) is 17.7 Å². The molecule has 0 aliphatic heterocycles. The molecule has 0 unspecified atom stereocenters. The Hall–Kier alpha value is -0.730. The van der Waals surface area contributed by atoms with Gasteiger partial charge in [0.05, 0.1) is 17.3 Å². The molecule has 7 heteroatoms. The van der Waals surface area contributed by atoms with Gasteiger partial charge in [-0.3, -0.25) is 9.69 Å². The second-order valence-corrected chi connectivity index (χ2v) is 9.76. The smallest absolute Gasteiger partial charge is 0.306 e. The maximum atomic E-state index is 11.5. The molecule has 2 aromatic heterocycles. The van der Waals surface area contributed by atoms with Crippen LogP contribution in [-0.2, 0) is 16.1 Å². The number of carbonyl (C=O) groups is 1. The highest BCUT2D eigenvalue weighted by Gasteiger charge is 2.12. The van der Waals surface area contributed by atoms with Crippen molar-refractivity contribution >= 4 is 44.6 Å². The first-order valence-corrected chi connectivity index (χ1v) is 10.7. The molecule has 0 N–H and O–H groups in total. The topological polar surface area (TPSA) is 32.8 Å². The molecule has 0 amide bonds. The van der Waals surface area contributed by atoms with Crippen LogP contribution in [0.15, 0.2) is 28.1 Å². The number of thiophene rings is 2. The van der Waals surface area contributed by atoms with Gasteiger partial charge in [0, 0.05) is 27.7 Å². The first-order chi connectivity index (χ1) is 12.0. The van der Waals surface area contributed by atoms with Gasteiger partial charge in [-0.25, -0.2) is 0 Å². The van der Waals surface area contributed by atoms with Crippen LogP contribution in [0.25, 0.3) is 9.75 Å². The summed E-state index contributed by atoms with van der Waals surface area (Å²) in [5, 5.41) is 0. The van der Waals surface area contributed by atoms with Gasteiger partial charge in [-0.1, -0.05) is 0 Å². The third-order valence-corrected chi connectivity index (χ3v) is 6.69. The fourth-order valence-corrected chi connectivity index (χ4v) is 5.02. The molecule has 2 heterocycles. The number of halogens is 1. The summed E-state index contributed by atoms with van der Waals surface area (Å²) in [7, 11) is 5.62. The van der Waals surface area contributed by atoms with Crippen LogP contribution >= 0.6 is 38.6 Å². The number of carbonyl (C=O) groups excluding carboxylic acids is 1. The van der Waals surface area contributed by atoms with E-state index in [0.29, 0.717) is 6.42 Å². The lowest BCUT2D eigenvalue weighted by molar-refractivity contribution is -0.141. The second kappa shape index (κ2) is 10.4. The van der Waals surface area contributed by atoms with Gasteiger partial charge in [0.25, 0.3) is 0 Å². The molecule has 0 aliphatic rings. The van der Waals surface area contributed by atoms with Crippen molar-refractivity contribution in [1.82, 2.24) is 9.80 Å². The number of nitrogens with zero attached hydrogens (tertiary/aromatic N) is 2. The van der Waals surface area contributed by atoms with E-state index >= 15 is 0 Å². The van der Waals surface area contributed by atoms with Crippen molar-refractivity contribution in [2.75, 3.05) is 40.8 Å². The predicted molar refractivity (Wildman–Crippen MR) is 110 cm³/mol. The summed E-state index contributed by atoms with van der Waals surface area (Å²) in [5.74, 6) is -0.145. The van der Waals surface area contributed by atoms with Gasteiger partial charge in [0.2, 0.25) is 0 Å². The molecule has 0 aliphatic carbocycles. The molecule has 0 atom stereocenters. The van der Waals surface area contributed by atoms with Crippen LogP contribution in [0.3, 0.4) is 0 Å². The monoisotopic (exact) mass is 444 g/mol. The van der Waals surface area contributed by atoms with Crippen LogP contribution in [0, 0.1) is 0 Å². The molecule has 2 rings (SSSR count). The van der Waals surface area contributed by atoms with E-state index in [4.69, 9.17) is 4.74 Å². The highest BCUT2D eigenvalue weighted by atomic mass is 79.9. The van der Waals surface area contributed by atoms with Gasteiger partial charge in [-0.15, -0.1) is 22.7 Å². The standard InChI is InChI=1S/C18H25BrN2O2S2/c1-20(2)10-4-11-21(12-9-18(22)23-3)13-14-5-6-15(24-14)16-7-8-17(19)25-16/h5-8H,4,9-13H2,1-3H3. The van der Waals surface area contributed by atoms with Crippen molar-refractivity contribution in [1.29, 1.82) is 0 Å². The van der Waals surface area contributed by atoms with Gasteiger partial charge in [0.1, 0.15) is 0 Å². The second-order valence-electron chi connectivity index (χ2n) is 6.13. The van der Waals surface area contributed by atoms with Gasteiger partial charge in [0.15, 0.2) is 0 Å². The van der Waals surface area contributed by atoms with Gasteiger partial charge >= 0.3 is 5.97 Å². The molecule has 4 nitrogen and oxygen atoms in total. The first-order valence-electron chi connectivity index (χ1n) is 8.26. The Labute approximate surface area is 166 Å². The van der Waals surface area contributed by atoms with E-state index in [1.54, 1.807) is 11.3 Å². The number of esters is 1. The molecule has 0 saturated carbocycles. The van der Waals surface area contributed by atoms with E-state index in [0.717, 1.165) is 36.4 Å². The van der Waals surface area contributed by atoms with E-state index in [1.165, 1.54) is 21.7 Å². The zero-order valence-corrected chi connectivity index (χ0v) is 18.2. The molecule has 25 heavy (non-hydrogen) atoms. The van der Waals surface area contributed by atoms with E-state index in [-0.39, 0.29) is 5.97 Å². The molecule has 0 fully saturated rings. The SMILES string of the molecule is COC(=O)CCN(CCCN(C)C)Cc1ccc(-c2ccc(Br)s2)s1. The summed E-state index contributed by atoms with van der Waals surface area (Å²) in [5.41, 5.74) is 0. The molecule has 0 spiro atoms. The maximum absolute atomic E-state index is 11.5. The number of rotatable bonds is 10. The minimum atomic E-state index is -0.145. The summed E-state index contributed by atoms with van der Waals surface area (Å²) in [6.45, 7) is 3.64. The summed E-state index contributed by atoms with van der Waals surface area (Å²) in [6, 6.07) is 8.63. The molecule has 138 valence electrons. The number of hydrogen-bond acceptors (Lipinski definition) is 6. The largest absolute Gasteiger partial charge is 0.469 e. The Morgan fingerprint density at radius 2 is 1.80 bits per heavy atom. The lowest BCUT2D eigenvalue weighted by atomic mass is 10.3. The average molecular weight is 445 g/mol. The van der Waals surface area contributed by atoms with Gasteiger partial charge < -0.3 is 9.64 Å². The number of hydrogen-bond donors (Lipinski definition) is 0. The molecule has 0 bridgehead atoms. The van der Waals surface area contributed by atoms with E-state index < -0.39 is 0 Å². The highest BCUT2D eigenvalue weighted by Crippen LogP contribution is 2.35. The summed E-state index contributed by atoms with van der Waals surface area (Å²) >= 11 is 7.11. The molecule has 0 radical (unpaired) electrons. The van der Waals surface area contributed by atoms with E-state index in [1.807, 2.05) is 11.3 Å². The van der Waals surface area contributed by atoms with Crippen molar-refractivity contribution < 1.29 is 9.53 Å². The third kappa shape index (κ3) is 7.19. The maximum Gasteiger partial charge on any atom is 0.306 e. The van der Waals surface area contributed by atoms with Crippen molar-refractivity contribution in [2.24, 2.45) is 0 Å². The van der Waals surface area contributed by atoms with Crippen molar-refractivity contribution in [2.45, 2.75) is 19.4 Å². The molecule has 0 aromatic carbocycles. The van der Waals surface area contributed by atoms with Crippen LogP contribution in [0.2, 0.25) is 0 Å². The summed E-state index contributed by atoms with van der Waals surface area (Å²) < 4.78 is 5.94. The molecular weight excluding hydrogens is 420 g/mol. The lowest BCUT2D eigenvalue weighted by Gasteiger charge is -2.22. The molecular formula is C18H25BrN2O2S2. The Bertz CT molecular complexity index is 670. The van der Waals surface area contributed by atoms with E-state index in [9.17, 15) is 4.79 Å². The molecule has 0 saturated heterocycles. The van der Waals surface area contributed by atoms with E-state index in [2.05, 4.69) is 64.1 Å². The minimum Gasteiger partial charge on any atom is -0.469 e. The van der Waals surface area contributed by atoms with Gasteiger partial charge in [-0.05, 0) is 73.8 Å². The Kier molecular flexibility index (Phi) is 8.58. The normalized spacial score (nSPS) is 11.4. The third-order valence-electron chi connectivity index (χ3n) is 3.80. The zero-order chi connectivity index (χ0) is 18.2. The average Bonchev–Trinajstić information content (AvgIpc) is 3.20. The van der Waals surface area contributed by atoms with Gasteiger partial charge in [-0.2, -0.15) is 0 Å². The fraction of sp³-hybridized carbons (Fsp3) is 0.500. The first kappa shape index (κ1) is 20.6. The minimum absolute atomic E-state index is 0.145. The highest BCUT2D eigenvalue weighted by molar-refractivity contribution is 9.11. The van der Waals surface area contributed by atoms with Crippen LogP contribution in [0.4, 0.5) is 0 Å². The van der Waals surface area contributed by atoms with Crippen molar-refractivity contribution in [3.8, 4) is 9.75 Å². The number of methoxy groups -OCH3 is 1. The quantitative estimate of drug-likeness (QED) is 0.502. The zero-order valence-electron chi connectivity index (χ0n) is 15.0. The van der Waals surface area contributed by atoms with Crippen LogP contribution in [0.5, 0.6) is 0 Å². The Balaban J connectivity index is 1.96. The summed E-state index contributed by atoms with van der Waals surface area (Å²) in [6.07, 6.45) is 1.53. The Morgan fingerprint density at radius 3 is 2.44 bits per heavy atom. The fourth-order valence-electron chi connectivity index (χ4n) is 2.49. The summed E-state index contributed by atoms with van der Waals surface area (Å²) in [4.78, 5) is 19.9. The van der Waals surface area contributed by atoms with Crippen LogP contribution in [-0.4, -0.2) is 56.6 Å². The number of ether oxygens (including phenoxy) is 1. The lowest BCUT2D eigenvalue weighted by Crippen LogP contribution is -2.29. The Morgan fingerprint density at radius 1 is 1.08 bits per heavy atom. The van der Waals surface area contributed by atoms with Crippen molar-refractivity contribution in [3.05, 3.63) is 32.9 Å². The van der Waals surface area contributed by atoms with Crippen molar-refractivity contribution in [3.63, 3.8) is 0 Å². The van der Waals surface area contributed by atoms with Crippen LogP contribution < -0.4 is 0 Å².